The van der Waals surface area contributed by atoms with E-state index in [9.17, 15) is 4.79 Å². The highest BCUT2D eigenvalue weighted by Crippen LogP contribution is 2.27. The van der Waals surface area contributed by atoms with E-state index in [0.29, 0.717) is 6.42 Å². The number of amides is 1. The molecule has 1 amide bonds. The highest BCUT2D eigenvalue weighted by atomic mass is 16.2. The van der Waals surface area contributed by atoms with Crippen molar-refractivity contribution in [2.24, 2.45) is 0 Å². The fourth-order valence-corrected chi connectivity index (χ4v) is 3.65. The van der Waals surface area contributed by atoms with Gasteiger partial charge in [-0.15, -0.1) is 0 Å². The first-order valence-electron chi connectivity index (χ1n) is 9.23. The summed E-state index contributed by atoms with van der Waals surface area (Å²) >= 11 is 0. The summed E-state index contributed by atoms with van der Waals surface area (Å²) in [6.45, 7) is 5.86. The number of aryl methyl sites for hydroxylation is 1. The summed E-state index contributed by atoms with van der Waals surface area (Å²) in [5.41, 5.74) is 9.44. The molecular formula is C19H30N4O. The monoisotopic (exact) mass is 330 g/mol. The zero-order valence-electron chi connectivity index (χ0n) is 14.8. The average molecular weight is 330 g/mol. The Morgan fingerprint density at radius 3 is 2.42 bits per heavy atom. The van der Waals surface area contributed by atoms with Gasteiger partial charge in [0, 0.05) is 45.7 Å². The molecule has 2 aliphatic rings. The minimum absolute atomic E-state index is 0.266. The third-order valence-electron chi connectivity index (χ3n) is 5.27. The van der Waals surface area contributed by atoms with Gasteiger partial charge in [-0.05, 0) is 50.4 Å². The van der Waals surface area contributed by atoms with E-state index in [2.05, 4.69) is 35.0 Å². The van der Waals surface area contributed by atoms with Crippen LogP contribution in [-0.2, 0) is 11.2 Å². The van der Waals surface area contributed by atoms with Crippen molar-refractivity contribution in [3.8, 4) is 0 Å². The first-order chi connectivity index (χ1) is 11.6. The molecule has 0 radical (unpaired) electrons. The van der Waals surface area contributed by atoms with E-state index in [-0.39, 0.29) is 5.91 Å². The maximum atomic E-state index is 12.3. The van der Waals surface area contributed by atoms with Crippen molar-refractivity contribution in [3.05, 3.63) is 23.8 Å². The Hall–Kier alpha value is -1.75. The molecule has 0 bridgehead atoms. The lowest BCUT2D eigenvalue weighted by Gasteiger charge is -2.32. The van der Waals surface area contributed by atoms with Crippen molar-refractivity contribution >= 4 is 17.3 Å². The fourth-order valence-electron chi connectivity index (χ4n) is 3.65. The van der Waals surface area contributed by atoms with Crippen molar-refractivity contribution in [1.29, 1.82) is 0 Å². The Labute approximate surface area is 145 Å². The van der Waals surface area contributed by atoms with Gasteiger partial charge < -0.3 is 20.4 Å². The van der Waals surface area contributed by atoms with Gasteiger partial charge in [-0.1, -0.05) is 6.07 Å². The third kappa shape index (κ3) is 4.20. The largest absolute Gasteiger partial charge is 0.397 e. The first-order valence-corrected chi connectivity index (χ1v) is 9.23. The summed E-state index contributed by atoms with van der Waals surface area (Å²) in [5, 5.41) is 0. The van der Waals surface area contributed by atoms with Crippen LogP contribution in [0.4, 0.5) is 11.4 Å². The predicted molar refractivity (Wildman–Crippen MR) is 99.3 cm³/mol. The van der Waals surface area contributed by atoms with Crippen LogP contribution in [0, 0.1) is 0 Å². The Morgan fingerprint density at radius 1 is 1.04 bits per heavy atom. The molecule has 132 valence electrons. The number of piperazine rings is 1. The maximum Gasteiger partial charge on any atom is 0.222 e. The normalized spacial score (nSPS) is 19.5. The number of hydrogen-bond donors (Lipinski definition) is 1. The summed E-state index contributed by atoms with van der Waals surface area (Å²) in [6.07, 6.45) is 5.17. The molecule has 0 aliphatic carbocycles. The summed E-state index contributed by atoms with van der Waals surface area (Å²) in [6, 6.07) is 6.33. The van der Waals surface area contributed by atoms with Crippen LogP contribution in [-0.4, -0.2) is 62.0 Å². The van der Waals surface area contributed by atoms with Crippen LogP contribution < -0.4 is 10.6 Å². The van der Waals surface area contributed by atoms with E-state index in [4.69, 9.17) is 5.73 Å². The zero-order valence-corrected chi connectivity index (χ0v) is 14.8. The summed E-state index contributed by atoms with van der Waals surface area (Å²) in [5.74, 6) is 0.266. The summed E-state index contributed by atoms with van der Waals surface area (Å²) in [4.78, 5) is 19.0. The number of rotatable bonds is 4. The minimum Gasteiger partial charge on any atom is -0.397 e. The van der Waals surface area contributed by atoms with Gasteiger partial charge in [-0.3, -0.25) is 4.79 Å². The summed E-state index contributed by atoms with van der Waals surface area (Å²) in [7, 11) is 2.11. The van der Waals surface area contributed by atoms with Crippen molar-refractivity contribution < 1.29 is 4.79 Å². The number of hydrogen-bond acceptors (Lipinski definition) is 4. The number of nitrogen functional groups attached to an aromatic ring is 1. The van der Waals surface area contributed by atoms with Crippen molar-refractivity contribution in [2.75, 3.05) is 56.9 Å². The predicted octanol–water partition coefficient (Wildman–Crippen LogP) is 1.97. The molecule has 0 atom stereocenters. The average Bonchev–Trinajstić information content (AvgIpc) is 2.61. The number of likely N-dealkylation sites (N-methyl/N-ethyl adjacent to an activating group) is 1. The van der Waals surface area contributed by atoms with Gasteiger partial charge in [0.2, 0.25) is 5.91 Å². The van der Waals surface area contributed by atoms with Gasteiger partial charge in [-0.25, -0.2) is 0 Å². The quantitative estimate of drug-likeness (QED) is 0.858. The molecule has 1 aromatic carbocycles. The van der Waals surface area contributed by atoms with Crippen LogP contribution in [0.25, 0.3) is 0 Å². The Morgan fingerprint density at radius 2 is 1.75 bits per heavy atom. The van der Waals surface area contributed by atoms with Gasteiger partial charge in [0.15, 0.2) is 0 Å². The molecule has 24 heavy (non-hydrogen) atoms. The molecule has 2 saturated heterocycles. The SMILES string of the molecule is CN1CCN(C(=O)CCc2ccc(N3CCCCC3)c(N)c2)CC1. The van der Waals surface area contributed by atoms with E-state index in [1.54, 1.807) is 0 Å². The standard InChI is InChI=1S/C19H30N4O/c1-21-11-13-23(14-12-21)19(24)8-6-16-5-7-18(17(20)15-16)22-9-3-2-4-10-22/h5,7,15H,2-4,6,8-14,20H2,1H3. The molecule has 2 heterocycles. The Kier molecular flexibility index (Phi) is 5.61. The first kappa shape index (κ1) is 17.1. The van der Waals surface area contributed by atoms with Crippen LogP contribution in [0.3, 0.4) is 0 Å². The lowest BCUT2D eigenvalue weighted by molar-refractivity contribution is -0.132. The van der Waals surface area contributed by atoms with Gasteiger partial charge in [0.1, 0.15) is 0 Å². The van der Waals surface area contributed by atoms with Crippen LogP contribution in [0.5, 0.6) is 0 Å². The molecule has 3 rings (SSSR count). The lowest BCUT2D eigenvalue weighted by Crippen LogP contribution is -2.47. The molecular weight excluding hydrogens is 300 g/mol. The molecule has 0 spiro atoms. The second-order valence-electron chi connectivity index (χ2n) is 7.12. The molecule has 2 aliphatic heterocycles. The van der Waals surface area contributed by atoms with E-state index in [1.165, 1.54) is 19.3 Å². The van der Waals surface area contributed by atoms with E-state index in [1.807, 2.05) is 4.90 Å². The van der Waals surface area contributed by atoms with E-state index in [0.717, 1.165) is 62.6 Å². The Balaban J connectivity index is 1.54. The minimum atomic E-state index is 0.266. The number of nitrogens with two attached hydrogens (primary N) is 1. The highest BCUT2D eigenvalue weighted by molar-refractivity contribution is 5.77. The van der Waals surface area contributed by atoms with Crippen molar-refractivity contribution in [2.45, 2.75) is 32.1 Å². The smallest absolute Gasteiger partial charge is 0.222 e. The molecule has 1 aromatic rings. The second kappa shape index (κ2) is 7.88. The number of anilines is 2. The lowest BCUT2D eigenvalue weighted by atomic mass is 10.0. The van der Waals surface area contributed by atoms with E-state index >= 15 is 0 Å². The van der Waals surface area contributed by atoms with Gasteiger partial charge in [0.25, 0.3) is 0 Å². The van der Waals surface area contributed by atoms with Gasteiger partial charge >= 0.3 is 0 Å². The molecule has 0 saturated carbocycles. The van der Waals surface area contributed by atoms with Crippen LogP contribution in [0.15, 0.2) is 18.2 Å². The zero-order chi connectivity index (χ0) is 16.9. The fraction of sp³-hybridized carbons (Fsp3) is 0.632. The van der Waals surface area contributed by atoms with Crippen LogP contribution in [0.1, 0.15) is 31.2 Å². The van der Waals surface area contributed by atoms with Gasteiger partial charge in [0.05, 0.1) is 11.4 Å². The molecule has 2 fully saturated rings. The number of piperidine rings is 1. The van der Waals surface area contributed by atoms with E-state index < -0.39 is 0 Å². The third-order valence-corrected chi connectivity index (χ3v) is 5.27. The topological polar surface area (TPSA) is 52.8 Å². The van der Waals surface area contributed by atoms with Crippen molar-refractivity contribution in [1.82, 2.24) is 9.80 Å². The molecule has 5 nitrogen and oxygen atoms in total. The van der Waals surface area contributed by atoms with Crippen molar-refractivity contribution in [3.63, 3.8) is 0 Å². The molecule has 5 heteroatoms. The number of benzene rings is 1. The maximum absolute atomic E-state index is 12.3. The number of nitrogens with zero attached hydrogens (tertiary/aromatic N) is 3. The highest BCUT2D eigenvalue weighted by Gasteiger charge is 2.19. The van der Waals surface area contributed by atoms with Crippen LogP contribution in [0.2, 0.25) is 0 Å². The second-order valence-corrected chi connectivity index (χ2v) is 7.12. The molecule has 0 aromatic heterocycles. The molecule has 0 unspecified atom stereocenters. The summed E-state index contributed by atoms with van der Waals surface area (Å²) < 4.78 is 0. The Bertz CT molecular complexity index is 560. The number of carbonyl (C=O) groups excluding carboxylic acids is 1. The molecule has 2 N–H and O–H groups in total. The number of carbonyl (C=O) groups is 1. The van der Waals surface area contributed by atoms with Crippen LogP contribution >= 0.6 is 0 Å². The van der Waals surface area contributed by atoms with Gasteiger partial charge in [-0.2, -0.15) is 0 Å².